The van der Waals surface area contributed by atoms with Gasteiger partial charge in [0.15, 0.2) is 12.5 Å². The van der Waals surface area contributed by atoms with Gasteiger partial charge in [0.25, 0.3) is 0 Å². The Morgan fingerprint density at radius 3 is 2.93 bits per heavy atom. The minimum Gasteiger partial charge on any atom is -0.477 e. The van der Waals surface area contributed by atoms with Crippen molar-refractivity contribution in [2.24, 2.45) is 0 Å². The molecule has 0 spiro atoms. The second-order valence-corrected chi connectivity index (χ2v) is 3.62. The fraction of sp³-hybridized carbons (Fsp3) is 0.250. The first-order chi connectivity index (χ1) is 7.07. The molecule has 1 aromatic rings. The molecule has 0 saturated heterocycles. The molecule has 0 aromatic carbocycles. The fourth-order valence-corrected chi connectivity index (χ4v) is 1.53. The molecular weight excluding hydrogens is 289 g/mol. The fourth-order valence-electron chi connectivity index (χ4n) is 0.897. The lowest BCUT2D eigenvalue weighted by molar-refractivity contribution is 0.0475. The number of pyridine rings is 1. The standard InChI is InChI=1S/C8H7BrClNO4/c1-14-3-15-6-5(8(12)13)4(10)2-11-7(6)9/h2H,3H2,1H3,(H,12,13). The van der Waals surface area contributed by atoms with Gasteiger partial charge in [-0.25, -0.2) is 9.78 Å². The van der Waals surface area contributed by atoms with Crippen LogP contribution in [0.3, 0.4) is 0 Å². The number of carboxylic acid groups (broad SMARTS) is 1. The van der Waals surface area contributed by atoms with E-state index >= 15 is 0 Å². The smallest absolute Gasteiger partial charge is 0.341 e. The highest BCUT2D eigenvalue weighted by Crippen LogP contribution is 2.32. The molecule has 0 aliphatic heterocycles. The number of halogens is 2. The number of ether oxygens (including phenoxy) is 2. The maximum Gasteiger partial charge on any atom is 0.341 e. The summed E-state index contributed by atoms with van der Waals surface area (Å²) in [6.07, 6.45) is 1.23. The molecule has 0 bridgehead atoms. The number of hydrogen-bond acceptors (Lipinski definition) is 4. The van der Waals surface area contributed by atoms with Gasteiger partial charge in [-0.1, -0.05) is 11.6 Å². The Labute approximate surface area is 99.1 Å². The molecule has 7 heteroatoms. The predicted molar refractivity (Wildman–Crippen MR) is 56.4 cm³/mol. The van der Waals surface area contributed by atoms with Gasteiger partial charge in [0.05, 0.1) is 5.02 Å². The number of aromatic nitrogens is 1. The Morgan fingerprint density at radius 1 is 1.73 bits per heavy atom. The van der Waals surface area contributed by atoms with Crippen LogP contribution in [0.1, 0.15) is 10.4 Å². The summed E-state index contributed by atoms with van der Waals surface area (Å²) < 4.78 is 10.00. The van der Waals surface area contributed by atoms with Gasteiger partial charge in [-0.15, -0.1) is 0 Å². The van der Waals surface area contributed by atoms with E-state index in [2.05, 4.69) is 25.7 Å². The van der Waals surface area contributed by atoms with Gasteiger partial charge in [0.2, 0.25) is 0 Å². The van der Waals surface area contributed by atoms with E-state index in [0.717, 1.165) is 0 Å². The highest BCUT2D eigenvalue weighted by molar-refractivity contribution is 9.10. The zero-order chi connectivity index (χ0) is 11.4. The Kier molecular flexibility index (Phi) is 4.31. The summed E-state index contributed by atoms with van der Waals surface area (Å²) in [4.78, 5) is 14.7. The lowest BCUT2D eigenvalue weighted by atomic mass is 10.2. The van der Waals surface area contributed by atoms with E-state index in [0.29, 0.717) is 0 Å². The number of aromatic carboxylic acids is 1. The third-order valence-corrected chi connectivity index (χ3v) is 2.33. The van der Waals surface area contributed by atoms with Gasteiger partial charge in [-0.2, -0.15) is 0 Å². The average molecular weight is 297 g/mol. The summed E-state index contributed by atoms with van der Waals surface area (Å²) in [6.45, 7) is -0.0824. The van der Waals surface area contributed by atoms with E-state index in [1.54, 1.807) is 0 Å². The highest BCUT2D eigenvalue weighted by Gasteiger charge is 2.19. The molecule has 5 nitrogen and oxygen atoms in total. The van der Waals surface area contributed by atoms with Crippen molar-refractivity contribution in [1.29, 1.82) is 0 Å². The van der Waals surface area contributed by atoms with Gasteiger partial charge in [-0.3, -0.25) is 0 Å². The van der Waals surface area contributed by atoms with Crippen molar-refractivity contribution in [2.45, 2.75) is 0 Å². The normalized spacial score (nSPS) is 10.1. The van der Waals surface area contributed by atoms with Crippen LogP contribution in [0.2, 0.25) is 5.02 Å². The number of methoxy groups -OCH3 is 1. The molecule has 0 fully saturated rings. The zero-order valence-corrected chi connectivity index (χ0v) is 10.0. The maximum atomic E-state index is 10.9. The first-order valence-electron chi connectivity index (χ1n) is 3.77. The lowest BCUT2D eigenvalue weighted by Gasteiger charge is -2.10. The summed E-state index contributed by atoms with van der Waals surface area (Å²) in [7, 11) is 1.42. The van der Waals surface area contributed by atoms with Crippen LogP contribution >= 0.6 is 27.5 Å². The van der Waals surface area contributed by atoms with Crippen LogP contribution in [0, 0.1) is 0 Å². The molecule has 0 radical (unpaired) electrons. The van der Waals surface area contributed by atoms with Crippen LogP contribution in [0.15, 0.2) is 10.8 Å². The van der Waals surface area contributed by atoms with Crippen LogP contribution in [-0.2, 0) is 4.74 Å². The van der Waals surface area contributed by atoms with Crippen LogP contribution in [0.4, 0.5) is 0 Å². The van der Waals surface area contributed by atoms with Crippen molar-refractivity contribution in [3.8, 4) is 5.75 Å². The van der Waals surface area contributed by atoms with E-state index in [-0.39, 0.29) is 27.7 Å². The number of carbonyl (C=O) groups is 1. The largest absolute Gasteiger partial charge is 0.477 e. The van der Waals surface area contributed by atoms with Gasteiger partial charge < -0.3 is 14.6 Å². The third-order valence-electron chi connectivity index (χ3n) is 1.48. The molecular formula is C8H7BrClNO4. The van der Waals surface area contributed by atoms with Crippen molar-refractivity contribution >= 4 is 33.5 Å². The molecule has 1 heterocycles. The summed E-state index contributed by atoms with van der Waals surface area (Å²) in [5, 5.41) is 8.93. The van der Waals surface area contributed by atoms with Crippen LogP contribution in [0.25, 0.3) is 0 Å². The first-order valence-corrected chi connectivity index (χ1v) is 4.94. The molecule has 0 amide bonds. The lowest BCUT2D eigenvalue weighted by Crippen LogP contribution is -2.07. The summed E-state index contributed by atoms with van der Waals surface area (Å²) in [5.74, 6) is -1.13. The molecule has 15 heavy (non-hydrogen) atoms. The predicted octanol–water partition coefficient (Wildman–Crippen LogP) is 2.18. The highest BCUT2D eigenvalue weighted by atomic mass is 79.9. The molecule has 0 atom stereocenters. The van der Waals surface area contributed by atoms with Crippen LogP contribution in [0.5, 0.6) is 5.75 Å². The summed E-state index contributed by atoms with van der Waals surface area (Å²) in [6, 6.07) is 0. The Balaban J connectivity index is 3.19. The third kappa shape index (κ3) is 2.80. The Morgan fingerprint density at radius 2 is 2.40 bits per heavy atom. The average Bonchev–Trinajstić information content (AvgIpc) is 2.18. The van der Waals surface area contributed by atoms with Crippen molar-refractivity contribution in [3.05, 3.63) is 21.4 Å². The SMILES string of the molecule is COCOc1c(Br)ncc(Cl)c1C(=O)O. The van der Waals surface area contributed by atoms with Crippen molar-refractivity contribution in [3.63, 3.8) is 0 Å². The van der Waals surface area contributed by atoms with E-state index in [9.17, 15) is 4.79 Å². The van der Waals surface area contributed by atoms with Crippen molar-refractivity contribution in [1.82, 2.24) is 4.98 Å². The number of hydrogen-bond donors (Lipinski definition) is 1. The van der Waals surface area contributed by atoms with Gasteiger partial charge in [0, 0.05) is 13.3 Å². The molecule has 1 N–H and O–H groups in total. The molecule has 0 unspecified atom stereocenters. The molecule has 0 aliphatic carbocycles. The monoisotopic (exact) mass is 295 g/mol. The van der Waals surface area contributed by atoms with Crippen molar-refractivity contribution in [2.75, 3.05) is 13.9 Å². The Bertz CT molecular complexity index is 385. The number of nitrogens with zero attached hydrogens (tertiary/aromatic N) is 1. The number of carboxylic acids is 1. The minimum absolute atomic E-state index is 0.0109. The van der Waals surface area contributed by atoms with E-state index in [1.165, 1.54) is 13.3 Å². The molecule has 0 saturated carbocycles. The zero-order valence-electron chi connectivity index (χ0n) is 7.66. The number of rotatable bonds is 4. The van der Waals surface area contributed by atoms with Crippen LogP contribution in [-0.4, -0.2) is 30.0 Å². The maximum absolute atomic E-state index is 10.9. The summed E-state index contributed by atoms with van der Waals surface area (Å²) >= 11 is 8.76. The first kappa shape index (κ1) is 12.2. The second kappa shape index (κ2) is 5.29. The molecule has 82 valence electrons. The molecule has 0 aliphatic rings. The molecule has 1 rings (SSSR count). The van der Waals surface area contributed by atoms with Crippen LogP contribution < -0.4 is 4.74 Å². The second-order valence-electron chi connectivity index (χ2n) is 2.46. The summed E-state index contributed by atoms with van der Waals surface area (Å²) in [5.41, 5.74) is -0.143. The van der Waals surface area contributed by atoms with Gasteiger partial charge in [0.1, 0.15) is 10.2 Å². The molecule has 1 aromatic heterocycles. The van der Waals surface area contributed by atoms with E-state index < -0.39 is 5.97 Å². The Hall–Kier alpha value is -0.850. The van der Waals surface area contributed by atoms with Crippen molar-refractivity contribution < 1.29 is 19.4 Å². The van der Waals surface area contributed by atoms with E-state index in [4.69, 9.17) is 21.4 Å². The van der Waals surface area contributed by atoms with E-state index in [1.807, 2.05) is 0 Å². The quantitative estimate of drug-likeness (QED) is 0.681. The minimum atomic E-state index is -1.19. The van der Waals surface area contributed by atoms with Gasteiger partial charge in [-0.05, 0) is 15.9 Å². The van der Waals surface area contributed by atoms with Gasteiger partial charge >= 0.3 is 5.97 Å². The topological polar surface area (TPSA) is 68.7 Å².